The molecule has 0 radical (unpaired) electrons. The molecule has 6 nitrogen and oxygen atoms in total. The summed E-state index contributed by atoms with van der Waals surface area (Å²) in [5.41, 5.74) is 0. The summed E-state index contributed by atoms with van der Waals surface area (Å²) in [6.07, 6.45) is 4.17. The Hall–Kier alpha value is -1.43. The predicted octanol–water partition coefficient (Wildman–Crippen LogP) is 0.946. The summed E-state index contributed by atoms with van der Waals surface area (Å²) >= 11 is 0. The van der Waals surface area contributed by atoms with Gasteiger partial charge in [-0.05, 0) is 33.9 Å². The molecule has 1 atom stereocenters. The van der Waals surface area contributed by atoms with Crippen LogP contribution in [0.2, 0.25) is 0 Å². The van der Waals surface area contributed by atoms with Gasteiger partial charge < -0.3 is 9.84 Å². The molecular weight excluding hydrogens is 244 g/mol. The number of nitrogens with one attached hydrogen (secondary N) is 1. The highest BCUT2D eigenvalue weighted by Crippen LogP contribution is 2.35. The van der Waals surface area contributed by atoms with Crippen molar-refractivity contribution in [2.75, 3.05) is 20.6 Å². The molecule has 1 N–H and O–H groups in total. The second-order valence-corrected chi connectivity index (χ2v) is 5.36. The van der Waals surface area contributed by atoms with Gasteiger partial charge in [-0.1, -0.05) is 11.6 Å². The monoisotopic (exact) mass is 266 g/mol. The van der Waals surface area contributed by atoms with Crippen molar-refractivity contribution in [1.82, 2.24) is 20.4 Å². The first-order chi connectivity index (χ1) is 9.08. The van der Waals surface area contributed by atoms with Crippen LogP contribution in [-0.2, 0) is 11.2 Å². The summed E-state index contributed by atoms with van der Waals surface area (Å²) in [7, 11) is 3.77. The number of hydrogen-bond acceptors (Lipinski definition) is 5. The first-order valence-electron chi connectivity index (χ1n) is 6.84. The summed E-state index contributed by atoms with van der Waals surface area (Å²) in [5.74, 6) is 1.92. The number of carbonyl (C=O) groups excluding carboxylic acids is 1. The van der Waals surface area contributed by atoms with Crippen LogP contribution >= 0.6 is 0 Å². The molecule has 1 amide bonds. The van der Waals surface area contributed by atoms with E-state index in [9.17, 15) is 4.79 Å². The van der Waals surface area contributed by atoms with Crippen LogP contribution in [0.4, 0.5) is 0 Å². The maximum atomic E-state index is 11.7. The second-order valence-electron chi connectivity index (χ2n) is 5.36. The fourth-order valence-electron chi connectivity index (χ4n) is 1.87. The van der Waals surface area contributed by atoms with Gasteiger partial charge in [0.25, 0.3) is 0 Å². The molecule has 19 heavy (non-hydrogen) atoms. The Kier molecular flexibility index (Phi) is 4.52. The van der Waals surface area contributed by atoms with Crippen molar-refractivity contribution < 1.29 is 9.32 Å². The standard InChI is InChI=1S/C13H22N4O2/c1-9(17(2)3)12(18)14-8-7-11-15-13(19-16-11)10-5-4-6-10/h9-10H,4-8H2,1-3H3,(H,14,18)/t9-/m0/s1. The molecule has 6 heteroatoms. The van der Waals surface area contributed by atoms with Crippen LogP contribution in [0.25, 0.3) is 0 Å². The number of aromatic nitrogens is 2. The van der Waals surface area contributed by atoms with Crippen molar-refractivity contribution in [2.24, 2.45) is 0 Å². The summed E-state index contributed by atoms with van der Waals surface area (Å²) < 4.78 is 5.23. The molecular formula is C13H22N4O2. The van der Waals surface area contributed by atoms with Crippen molar-refractivity contribution in [3.63, 3.8) is 0 Å². The first-order valence-corrected chi connectivity index (χ1v) is 6.84. The number of amides is 1. The summed E-state index contributed by atoms with van der Waals surface area (Å²) in [6, 6.07) is -0.129. The van der Waals surface area contributed by atoms with Crippen LogP contribution in [0.5, 0.6) is 0 Å². The van der Waals surface area contributed by atoms with Crippen molar-refractivity contribution in [1.29, 1.82) is 0 Å². The number of hydrogen-bond donors (Lipinski definition) is 1. The second kappa shape index (κ2) is 6.14. The van der Waals surface area contributed by atoms with Crippen LogP contribution in [0.1, 0.15) is 43.8 Å². The third-order valence-electron chi connectivity index (χ3n) is 3.74. The summed E-state index contributed by atoms with van der Waals surface area (Å²) in [4.78, 5) is 18.0. The minimum atomic E-state index is -0.129. The lowest BCUT2D eigenvalue weighted by Crippen LogP contribution is -2.42. The smallest absolute Gasteiger partial charge is 0.237 e. The molecule has 0 aromatic carbocycles. The van der Waals surface area contributed by atoms with Gasteiger partial charge in [0.2, 0.25) is 11.8 Å². The minimum Gasteiger partial charge on any atom is -0.354 e. The van der Waals surface area contributed by atoms with Crippen LogP contribution in [-0.4, -0.2) is 47.6 Å². The van der Waals surface area contributed by atoms with E-state index in [4.69, 9.17) is 4.52 Å². The van der Waals surface area contributed by atoms with E-state index < -0.39 is 0 Å². The zero-order valence-corrected chi connectivity index (χ0v) is 11.8. The van der Waals surface area contributed by atoms with Gasteiger partial charge in [0, 0.05) is 18.9 Å². The van der Waals surface area contributed by atoms with E-state index in [2.05, 4.69) is 15.5 Å². The Morgan fingerprint density at radius 2 is 2.26 bits per heavy atom. The van der Waals surface area contributed by atoms with Gasteiger partial charge >= 0.3 is 0 Å². The lowest BCUT2D eigenvalue weighted by molar-refractivity contribution is -0.124. The Balaban J connectivity index is 1.73. The SMILES string of the molecule is C[C@@H](C(=O)NCCc1noc(C2CCC2)n1)N(C)C. The molecule has 1 aromatic rings. The first kappa shape index (κ1) is 14.0. The molecule has 1 aliphatic rings. The highest BCUT2D eigenvalue weighted by molar-refractivity contribution is 5.81. The van der Waals surface area contributed by atoms with Gasteiger partial charge in [-0.3, -0.25) is 9.69 Å². The lowest BCUT2D eigenvalue weighted by atomic mass is 9.85. The molecule has 1 aromatic heterocycles. The molecule has 1 saturated carbocycles. The quantitative estimate of drug-likeness (QED) is 0.830. The Labute approximate surface area is 113 Å². The summed E-state index contributed by atoms with van der Waals surface area (Å²) in [5, 5.41) is 6.82. The van der Waals surface area contributed by atoms with Crippen molar-refractivity contribution in [3.8, 4) is 0 Å². The molecule has 1 heterocycles. The molecule has 0 spiro atoms. The van der Waals surface area contributed by atoms with Crippen molar-refractivity contribution in [3.05, 3.63) is 11.7 Å². The number of carbonyl (C=O) groups is 1. The molecule has 0 saturated heterocycles. The average molecular weight is 266 g/mol. The fraction of sp³-hybridized carbons (Fsp3) is 0.769. The summed E-state index contributed by atoms with van der Waals surface area (Å²) in [6.45, 7) is 2.42. The highest BCUT2D eigenvalue weighted by Gasteiger charge is 2.25. The zero-order chi connectivity index (χ0) is 13.8. The molecule has 0 bridgehead atoms. The molecule has 1 fully saturated rings. The Morgan fingerprint density at radius 3 is 2.84 bits per heavy atom. The van der Waals surface area contributed by atoms with Gasteiger partial charge in [0.05, 0.1) is 6.04 Å². The highest BCUT2D eigenvalue weighted by atomic mass is 16.5. The van der Waals surface area contributed by atoms with Crippen molar-refractivity contribution >= 4 is 5.91 Å². The van der Waals surface area contributed by atoms with E-state index in [0.29, 0.717) is 24.7 Å². The van der Waals surface area contributed by atoms with Crippen LogP contribution in [0, 0.1) is 0 Å². The van der Waals surface area contributed by atoms with Gasteiger partial charge in [0.15, 0.2) is 5.82 Å². The molecule has 0 aliphatic heterocycles. The maximum absolute atomic E-state index is 11.7. The number of nitrogens with zero attached hydrogens (tertiary/aromatic N) is 3. The van der Waals surface area contributed by atoms with E-state index >= 15 is 0 Å². The topological polar surface area (TPSA) is 71.3 Å². The third-order valence-corrected chi connectivity index (χ3v) is 3.74. The Bertz CT molecular complexity index is 426. The van der Waals surface area contributed by atoms with Crippen LogP contribution < -0.4 is 5.32 Å². The minimum absolute atomic E-state index is 0.0210. The van der Waals surface area contributed by atoms with E-state index in [1.165, 1.54) is 6.42 Å². The number of rotatable bonds is 6. The largest absolute Gasteiger partial charge is 0.354 e. The van der Waals surface area contributed by atoms with E-state index in [-0.39, 0.29) is 11.9 Å². The van der Waals surface area contributed by atoms with Crippen LogP contribution in [0.15, 0.2) is 4.52 Å². The molecule has 2 rings (SSSR count). The zero-order valence-electron chi connectivity index (χ0n) is 11.8. The van der Waals surface area contributed by atoms with Crippen LogP contribution in [0.3, 0.4) is 0 Å². The molecule has 106 valence electrons. The van der Waals surface area contributed by atoms with Gasteiger partial charge in [0.1, 0.15) is 0 Å². The van der Waals surface area contributed by atoms with Crippen molar-refractivity contribution in [2.45, 2.75) is 44.6 Å². The molecule has 1 aliphatic carbocycles. The molecule has 0 unspecified atom stereocenters. The average Bonchev–Trinajstić information content (AvgIpc) is 2.74. The fourth-order valence-corrected chi connectivity index (χ4v) is 1.87. The van der Waals surface area contributed by atoms with E-state index in [1.807, 2.05) is 25.9 Å². The van der Waals surface area contributed by atoms with E-state index in [0.717, 1.165) is 18.7 Å². The number of likely N-dealkylation sites (N-methyl/N-ethyl adjacent to an activating group) is 1. The van der Waals surface area contributed by atoms with Gasteiger partial charge in [-0.15, -0.1) is 0 Å². The Morgan fingerprint density at radius 1 is 1.53 bits per heavy atom. The normalized spacial score (nSPS) is 17.3. The predicted molar refractivity (Wildman–Crippen MR) is 70.8 cm³/mol. The van der Waals surface area contributed by atoms with E-state index in [1.54, 1.807) is 0 Å². The van der Waals surface area contributed by atoms with Gasteiger partial charge in [-0.2, -0.15) is 4.98 Å². The maximum Gasteiger partial charge on any atom is 0.237 e. The van der Waals surface area contributed by atoms with Gasteiger partial charge in [-0.25, -0.2) is 0 Å². The lowest BCUT2D eigenvalue weighted by Gasteiger charge is -2.20. The third kappa shape index (κ3) is 3.53.